The molecule has 0 aliphatic heterocycles. The smallest absolute Gasteiger partial charge is 0.150 e. The van der Waals surface area contributed by atoms with Gasteiger partial charge in [-0.25, -0.2) is 0 Å². The highest BCUT2D eigenvalue weighted by Gasteiger charge is 2.13. The molecule has 0 fully saturated rings. The SMILES string of the molecule is Cc1ccc(C=O)c2c1CCCCC2. The molecule has 0 amide bonds. The van der Waals surface area contributed by atoms with Gasteiger partial charge in [-0.2, -0.15) is 0 Å². The van der Waals surface area contributed by atoms with Gasteiger partial charge >= 0.3 is 0 Å². The van der Waals surface area contributed by atoms with E-state index >= 15 is 0 Å². The molecule has 0 bridgehead atoms. The van der Waals surface area contributed by atoms with Crippen LogP contribution in [0.5, 0.6) is 0 Å². The van der Waals surface area contributed by atoms with E-state index in [1.54, 1.807) is 0 Å². The number of aldehydes is 1. The van der Waals surface area contributed by atoms with Crippen molar-refractivity contribution in [1.29, 1.82) is 0 Å². The number of fused-ring (bicyclic) bond motifs is 1. The van der Waals surface area contributed by atoms with Gasteiger partial charge in [-0.05, 0) is 49.3 Å². The van der Waals surface area contributed by atoms with Crippen LogP contribution in [-0.4, -0.2) is 6.29 Å². The van der Waals surface area contributed by atoms with Crippen molar-refractivity contribution in [2.45, 2.75) is 39.0 Å². The molecule has 0 heterocycles. The van der Waals surface area contributed by atoms with Crippen LogP contribution in [0, 0.1) is 6.92 Å². The van der Waals surface area contributed by atoms with Gasteiger partial charge in [0, 0.05) is 5.56 Å². The molecule has 0 saturated heterocycles. The van der Waals surface area contributed by atoms with Crippen molar-refractivity contribution in [1.82, 2.24) is 0 Å². The van der Waals surface area contributed by atoms with Crippen LogP contribution >= 0.6 is 0 Å². The summed E-state index contributed by atoms with van der Waals surface area (Å²) < 4.78 is 0. The zero-order valence-corrected chi connectivity index (χ0v) is 8.68. The summed E-state index contributed by atoms with van der Waals surface area (Å²) in [6, 6.07) is 4.04. The highest BCUT2D eigenvalue weighted by atomic mass is 16.1. The summed E-state index contributed by atoms with van der Waals surface area (Å²) in [7, 11) is 0. The lowest BCUT2D eigenvalue weighted by Gasteiger charge is -2.11. The van der Waals surface area contributed by atoms with Crippen LogP contribution in [0.3, 0.4) is 0 Å². The predicted molar refractivity (Wildman–Crippen MR) is 57.8 cm³/mol. The van der Waals surface area contributed by atoms with Crippen molar-refractivity contribution < 1.29 is 4.79 Å². The third-order valence-electron chi connectivity index (χ3n) is 3.18. The first kappa shape index (κ1) is 9.45. The van der Waals surface area contributed by atoms with E-state index in [1.165, 1.54) is 36.0 Å². The summed E-state index contributed by atoms with van der Waals surface area (Å²) >= 11 is 0. The lowest BCUT2D eigenvalue weighted by atomic mass is 9.94. The minimum Gasteiger partial charge on any atom is -0.298 e. The Balaban J connectivity index is 2.54. The molecule has 0 unspecified atom stereocenters. The molecule has 1 aromatic rings. The second-order valence-electron chi connectivity index (χ2n) is 4.11. The number of hydrogen-bond donors (Lipinski definition) is 0. The quantitative estimate of drug-likeness (QED) is 0.489. The Morgan fingerprint density at radius 3 is 2.50 bits per heavy atom. The van der Waals surface area contributed by atoms with Gasteiger partial charge in [-0.3, -0.25) is 4.79 Å². The van der Waals surface area contributed by atoms with Crippen LogP contribution in [0.15, 0.2) is 12.1 Å². The standard InChI is InChI=1S/C13H16O/c1-10-7-8-11(9-14)13-6-4-2-3-5-12(10)13/h7-9H,2-6H2,1H3. The van der Waals surface area contributed by atoms with Gasteiger partial charge in [-0.1, -0.05) is 18.6 Å². The van der Waals surface area contributed by atoms with Crippen molar-refractivity contribution in [3.05, 3.63) is 34.4 Å². The first-order valence-corrected chi connectivity index (χ1v) is 5.39. The van der Waals surface area contributed by atoms with Crippen LogP contribution < -0.4 is 0 Å². The highest BCUT2D eigenvalue weighted by Crippen LogP contribution is 2.25. The fourth-order valence-electron chi connectivity index (χ4n) is 2.36. The molecular formula is C13H16O. The van der Waals surface area contributed by atoms with Crippen LogP contribution in [0.25, 0.3) is 0 Å². The summed E-state index contributed by atoms with van der Waals surface area (Å²) in [6.07, 6.45) is 7.05. The molecule has 0 spiro atoms. The topological polar surface area (TPSA) is 17.1 Å². The van der Waals surface area contributed by atoms with Crippen molar-refractivity contribution in [3.63, 3.8) is 0 Å². The van der Waals surface area contributed by atoms with E-state index in [2.05, 4.69) is 13.0 Å². The minimum atomic E-state index is 0.910. The summed E-state index contributed by atoms with van der Waals surface area (Å²) in [5, 5.41) is 0. The van der Waals surface area contributed by atoms with E-state index in [9.17, 15) is 4.79 Å². The Morgan fingerprint density at radius 2 is 1.79 bits per heavy atom. The van der Waals surface area contributed by atoms with E-state index in [-0.39, 0.29) is 0 Å². The monoisotopic (exact) mass is 188 g/mol. The third-order valence-corrected chi connectivity index (χ3v) is 3.18. The fourth-order valence-corrected chi connectivity index (χ4v) is 2.36. The molecule has 1 heteroatoms. The van der Waals surface area contributed by atoms with Crippen molar-refractivity contribution in [3.8, 4) is 0 Å². The third kappa shape index (κ3) is 1.59. The number of aryl methyl sites for hydroxylation is 1. The first-order valence-electron chi connectivity index (χ1n) is 5.39. The first-order chi connectivity index (χ1) is 6.83. The van der Waals surface area contributed by atoms with E-state index in [0.717, 1.165) is 24.7 Å². The normalized spacial score (nSPS) is 15.8. The second-order valence-corrected chi connectivity index (χ2v) is 4.11. The largest absolute Gasteiger partial charge is 0.298 e. The Bertz CT molecular complexity index is 352. The van der Waals surface area contributed by atoms with Gasteiger partial charge in [-0.15, -0.1) is 0 Å². The van der Waals surface area contributed by atoms with E-state index in [4.69, 9.17) is 0 Å². The fraction of sp³-hybridized carbons (Fsp3) is 0.462. The zero-order chi connectivity index (χ0) is 9.97. The summed E-state index contributed by atoms with van der Waals surface area (Å²) in [5.74, 6) is 0. The average molecular weight is 188 g/mol. The Hall–Kier alpha value is -1.11. The number of benzene rings is 1. The number of carbonyl (C=O) groups excluding carboxylic acids is 1. The molecule has 0 aromatic heterocycles. The molecule has 0 N–H and O–H groups in total. The predicted octanol–water partition coefficient (Wildman–Crippen LogP) is 3.08. The van der Waals surface area contributed by atoms with Crippen LogP contribution in [0.4, 0.5) is 0 Å². The summed E-state index contributed by atoms with van der Waals surface area (Å²) in [5.41, 5.74) is 5.02. The Morgan fingerprint density at radius 1 is 1.07 bits per heavy atom. The molecule has 14 heavy (non-hydrogen) atoms. The lowest BCUT2D eigenvalue weighted by molar-refractivity contribution is 0.112. The van der Waals surface area contributed by atoms with E-state index in [1.807, 2.05) is 6.07 Å². The Labute approximate surface area is 85.1 Å². The van der Waals surface area contributed by atoms with Crippen molar-refractivity contribution in [2.24, 2.45) is 0 Å². The molecule has 0 saturated carbocycles. The average Bonchev–Trinajstić information content (AvgIpc) is 2.44. The number of rotatable bonds is 1. The number of hydrogen-bond acceptors (Lipinski definition) is 1. The maximum Gasteiger partial charge on any atom is 0.150 e. The van der Waals surface area contributed by atoms with Gasteiger partial charge in [0.1, 0.15) is 6.29 Å². The molecule has 1 aromatic carbocycles. The molecule has 1 nitrogen and oxygen atoms in total. The Kier molecular flexibility index (Phi) is 2.67. The van der Waals surface area contributed by atoms with Gasteiger partial charge in [0.05, 0.1) is 0 Å². The molecule has 2 rings (SSSR count). The van der Waals surface area contributed by atoms with Gasteiger partial charge < -0.3 is 0 Å². The molecule has 1 aliphatic carbocycles. The maximum atomic E-state index is 10.9. The summed E-state index contributed by atoms with van der Waals surface area (Å²) in [6.45, 7) is 2.15. The van der Waals surface area contributed by atoms with Crippen molar-refractivity contribution >= 4 is 6.29 Å². The highest BCUT2D eigenvalue weighted by molar-refractivity contribution is 5.78. The zero-order valence-electron chi connectivity index (χ0n) is 8.68. The molecule has 0 radical (unpaired) electrons. The maximum absolute atomic E-state index is 10.9. The number of carbonyl (C=O) groups is 1. The van der Waals surface area contributed by atoms with Crippen LogP contribution in [-0.2, 0) is 12.8 Å². The van der Waals surface area contributed by atoms with Gasteiger partial charge in [0.25, 0.3) is 0 Å². The molecular weight excluding hydrogens is 172 g/mol. The lowest BCUT2D eigenvalue weighted by Crippen LogP contribution is -1.99. The molecule has 0 atom stereocenters. The summed E-state index contributed by atoms with van der Waals surface area (Å²) in [4.78, 5) is 10.9. The molecule has 74 valence electrons. The molecule has 1 aliphatic rings. The second kappa shape index (κ2) is 3.95. The van der Waals surface area contributed by atoms with Gasteiger partial charge in [0.2, 0.25) is 0 Å². The van der Waals surface area contributed by atoms with E-state index in [0.29, 0.717) is 0 Å². The minimum absolute atomic E-state index is 0.910. The van der Waals surface area contributed by atoms with Crippen LogP contribution in [0.1, 0.15) is 46.3 Å². The van der Waals surface area contributed by atoms with Gasteiger partial charge in [0.15, 0.2) is 0 Å². The van der Waals surface area contributed by atoms with Crippen molar-refractivity contribution in [2.75, 3.05) is 0 Å². The van der Waals surface area contributed by atoms with Crippen LogP contribution in [0.2, 0.25) is 0 Å². The van der Waals surface area contributed by atoms with E-state index < -0.39 is 0 Å².